The summed E-state index contributed by atoms with van der Waals surface area (Å²) in [5, 5.41) is 2.85. The Kier molecular flexibility index (Phi) is 6.31. The van der Waals surface area contributed by atoms with E-state index in [4.69, 9.17) is 16.3 Å². The molecule has 32 heavy (non-hydrogen) atoms. The summed E-state index contributed by atoms with van der Waals surface area (Å²) in [6.45, 7) is 13.1. The van der Waals surface area contributed by atoms with Gasteiger partial charge in [-0.2, -0.15) is 0 Å². The van der Waals surface area contributed by atoms with Crippen molar-refractivity contribution in [2.45, 2.75) is 47.0 Å². The van der Waals surface area contributed by atoms with Gasteiger partial charge in [-0.1, -0.05) is 92.2 Å². The summed E-state index contributed by atoms with van der Waals surface area (Å²) in [5.41, 5.74) is 6.25. The van der Waals surface area contributed by atoms with E-state index in [1.54, 1.807) is 0 Å². The lowest BCUT2D eigenvalue weighted by atomic mass is 9.68. The van der Waals surface area contributed by atoms with Gasteiger partial charge in [0, 0.05) is 10.9 Å². The number of hydrogen-bond acceptors (Lipinski definition) is 1. The van der Waals surface area contributed by atoms with Gasteiger partial charge in [0.1, 0.15) is 11.5 Å². The first-order valence-electron chi connectivity index (χ1n) is 11.3. The number of hydrogen-bond donors (Lipinski definition) is 0. The lowest BCUT2D eigenvalue weighted by molar-refractivity contribution is 0.379. The van der Waals surface area contributed by atoms with Crippen molar-refractivity contribution in [2.24, 2.45) is 5.41 Å². The van der Waals surface area contributed by atoms with Gasteiger partial charge in [-0.3, -0.25) is 0 Å². The highest BCUT2D eigenvalue weighted by Crippen LogP contribution is 2.50. The molecule has 0 saturated carbocycles. The number of rotatable bonds is 5. The molecule has 0 amide bonds. The Morgan fingerprint density at radius 1 is 1.00 bits per heavy atom. The van der Waals surface area contributed by atoms with Crippen molar-refractivity contribution in [2.75, 3.05) is 0 Å². The second-order valence-corrected chi connectivity index (χ2v) is 9.73. The molecular weight excluding hydrogens is 412 g/mol. The molecule has 0 heterocycles. The number of benzene rings is 3. The lowest BCUT2D eigenvalue weighted by Crippen LogP contribution is -2.22. The lowest BCUT2D eigenvalue weighted by Gasteiger charge is -2.37. The predicted molar refractivity (Wildman–Crippen MR) is 139 cm³/mol. The molecule has 164 valence electrons. The minimum Gasteiger partial charge on any atom is -0.455 e. The topological polar surface area (TPSA) is 9.23 Å². The Labute approximate surface area is 197 Å². The van der Waals surface area contributed by atoms with Gasteiger partial charge in [0.2, 0.25) is 0 Å². The van der Waals surface area contributed by atoms with Gasteiger partial charge >= 0.3 is 0 Å². The van der Waals surface area contributed by atoms with Gasteiger partial charge in [0.05, 0.1) is 5.02 Å². The zero-order valence-corrected chi connectivity index (χ0v) is 20.2. The standard InChI is InChI=1S/C30H31ClO/c1-6-20(2)27(28-21(3)12-11-19-30(28,4)5)24-16-10-18-26(29(24)31)32-25-17-9-14-22-13-7-8-15-23(22)25/h6-10,13-18H,1,11-12,19H2,2-5H3/b27-20-. The number of ether oxygens (including phenoxy) is 1. The largest absolute Gasteiger partial charge is 0.455 e. The second kappa shape index (κ2) is 9.00. The number of allylic oxidation sites excluding steroid dienone is 5. The third kappa shape index (κ3) is 4.14. The van der Waals surface area contributed by atoms with E-state index in [1.165, 1.54) is 23.1 Å². The van der Waals surface area contributed by atoms with E-state index in [0.717, 1.165) is 40.5 Å². The molecule has 0 N–H and O–H groups in total. The Hall–Kier alpha value is -2.77. The van der Waals surface area contributed by atoms with E-state index in [2.05, 4.69) is 58.5 Å². The number of halogens is 1. The molecule has 0 aromatic heterocycles. The van der Waals surface area contributed by atoms with Crippen molar-refractivity contribution < 1.29 is 4.74 Å². The maximum absolute atomic E-state index is 7.05. The van der Waals surface area contributed by atoms with E-state index in [0.29, 0.717) is 10.8 Å². The van der Waals surface area contributed by atoms with E-state index < -0.39 is 0 Å². The minimum atomic E-state index is 0.0811. The molecule has 0 atom stereocenters. The molecule has 0 spiro atoms. The number of fused-ring (bicyclic) bond motifs is 1. The quantitative estimate of drug-likeness (QED) is 0.357. The van der Waals surface area contributed by atoms with Gasteiger partial charge in [-0.25, -0.2) is 0 Å². The SMILES string of the molecule is C=C/C(C)=C(\C1=C(C)CCCC1(C)C)c1cccc(Oc2cccc3ccccc23)c1Cl. The van der Waals surface area contributed by atoms with Crippen LogP contribution in [0.1, 0.15) is 52.5 Å². The molecule has 0 radical (unpaired) electrons. The molecule has 1 aliphatic carbocycles. The summed E-state index contributed by atoms with van der Waals surface area (Å²) in [6.07, 6.45) is 5.45. The fourth-order valence-corrected chi connectivity index (χ4v) is 5.27. The minimum absolute atomic E-state index is 0.0811. The van der Waals surface area contributed by atoms with Crippen LogP contribution in [0.15, 0.2) is 90.0 Å². The Bertz CT molecular complexity index is 1240. The normalized spacial score (nSPS) is 16.7. The van der Waals surface area contributed by atoms with Crippen molar-refractivity contribution in [1.82, 2.24) is 0 Å². The molecule has 0 aliphatic heterocycles. The van der Waals surface area contributed by atoms with E-state index in [9.17, 15) is 0 Å². The maximum atomic E-state index is 7.05. The molecule has 2 heteroatoms. The molecule has 0 fully saturated rings. The summed E-state index contributed by atoms with van der Waals surface area (Å²) in [7, 11) is 0. The molecule has 0 saturated heterocycles. The Balaban J connectivity index is 1.86. The van der Waals surface area contributed by atoms with Gasteiger partial charge in [0.15, 0.2) is 0 Å². The van der Waals surface area contributed by atoms with Crippen LogP contribution in [0.4, 0.5) is 0 Å². The first kappa shape index (κ1) is 22.4. The maximum Gasteiger partial charge on any atom is 0.146 e. The molecule has 1 aliphatic rings. The summed E-state index contributed by atoms with van der Waals surface area (Å²) >= 11 is 7.05. The summed E-state index contributed by atoms with van der Waals surface area (Å²) in [6, 6.07) is 20.4. The van der Waals surface area contributed by atoms with Crippen LogP contribution in [0, 0.1) is 5.41 Å². The Morgan fingerprint density at radius 2 is 1.69 bits per heavy atom. The van der Waals surface area contributed by atoms with Gasteiger partial charge in [0.25, 0.3) is 0 Å². The fraction of sp³-hybridized carbons (Fsp3) is 0.267. The first-order chi connectivity index (χ1) is 15.3. The zero-order valence-electron chi connectivity index (χ0n) is 19.5. The summed E-state index contributed by atoms with van der Waals surface area (Å²) < 4.78 is 6.40. The van der Waals surface area contributed by atoms with E-state index in [1.807, 2.05) is 42.5 Å². The van der Waals surface area contributed by atoms with Gasteiger partial charge in [-0.15, -0.1) is 0 Å². The van der Waals surface area contributed by atoms with Gasteiger partial charge in [-0.05, 0) is 72.8 Å². The molecule has 3 aromatic rings. The van der Waals surface area contributed by atoms with Crippen LogP contribution in [0.3, 0.4) is 0 Å². The van der Waals surface area contributed by atoms with Crippen molar-refractivity contribution in [1.29, 1.82) is 0 Å². The summed E-state index contributed by atoms with van der Waals surface area (Å²) in [5.74, 6) is 1.48. The third-order valence-electron chi connectivity index (χ3n) is 6.61. The van der Waals surface area contributed by atoms with Crippen molar-refractivity contribution >= 4 is 27.9 Å². The van der Waals surface area contributed by atoms with Crippen molar-refractivity contribution in [3.05, 3.63) is 101 Å². The fourth-order valence-electron chi connectivity index (χ4n) is 5.01. The monoisotopic (exact) mass is 442 g/mol. The Morgan fingerprint density at radius 3 is 2.44 bits per heavy atom. The average Bonchev–Trinajstić information content (AvgIpc) is 2.77. The average molecular weight is 443 g/mol. The van der Waals surface area contributed by atoms with Crippen LogP contribution < -0.4 is 4.74 Å². The predicted octanol–water partition coefficient (Wildman–Crippen LogP) is 9.77. The summed E-state index contributed by atoms with van der Waals surface area (Å²) in [4.78, 5) is 0. The molecule has 0 bridgehead atoms. The van der Waals surface area contributed by atoms with Crippen LogP contribution in [0.2, 0.25) is 5.02 Å². The van der Waals surface area contributed by atoms with Gasteiger partial charge < -0.3 is 4.74 Å². The zero-order chi connectivity index (χ0) is 22.9. The van der Waals surface area contributed by atoms with Crippen molar-refractivity contribution in [3.63, 3.8) is 0 Å². The third-order valence-corrected chi connectivity index (χ3v) is 7.00. The molecule has 1 nitrogen and oxygen atoms in total. The van der Waals surface area contributed by atoms with E-state index >= 15 is 0 Å². The first-order valence-corrected chi connectivity index (χ1v) is 11.7. The van der Waals surface area contributed by atoms with Crippen LogP contribution in [-0.2, 0) is 0 Å². The molecule has 4 rings (SSSR count). The smallest absolute Gasteiger partial charge is 0.146 e. The van der Waals surface area contributed by atoms with Crippen LogP contribution >= 0.6 is 11.6 Å². The highest BCUT2D eigenvalue weighted by Gasteiger charge is 2.33. The van der Waals surface area contributed by atoms with E-state index in [-0.39, 0.29) is 5.41 Å². The highest BCUT2D eigenvalue weighted by molar-refractivity contribution is 6.34. The van der Waals surface area contributed by atoms with Crippen LogP contribution in [0.25, 0.3) is 16.3 Å². The van der Waals surface area contributed by atoms with Crippen molar-refractivity contribution in [3.8, 4) is 11.5 Å². The molecule has 3 aromatic carbocycles. The van der Waals surface area contributed by atoms with Crippen LogP contribution in [-0.4, -0.2) is 0 Å². The van der Waals surface area contributed by atoms with Crippen LogP contribution in [0.5, 0.6) is 11.5 Å². The molecular formula is C30H31ClO. The highest BCUT2D eigenvalue weighted by atomic mass is 35.5. The second-order valence-electron chi connectivity index (χ2n) is 9.35. The molecule has 0 unspecified atom stereocenters.